The fraction of sp³-hybridized carbons (Fsp3) is 0.568. The van der Waals surface area contributed by atoms with Crippen molar-refractivity contribution in [2.45, 2.75) is 110 Å². The molecule has 3 rings (SSSR count). The zero-order valence-electron chi connectivity index (χ0n) is 30.0. The average molecular weight is 701 g/mol. The number of ether oxygens (including phenoxy) is 5. The summed E-state index contributed by atoms with van der Waals surface area (Å²) in [7, 11) is 0. The van der Waals surface area contributed by atoms with E-state index < -0.39 is 107 Å². The van der Waals surface area contributed by atoms with E-state index in [1.807, 2.05) is 0 Å². The number of benzene rings is 1. The van der Waals surface area contributed by atoms with Gasteiger partial charge in [-0.15, -0.1) is 0 Å². The summed E-state index contributed by atoms with van der Waals surface area (Å²) in [6.07, 6.45) is -6.19. The highest BCUT2D eigenvalue weighted by Gasteiger charge is 2.68. The van der Waals surface area contributed by atoms with Gasteiger partial charge in [0, 0.05) is 44.1 Å². The lowest BCUT2D eigenvalue weighted by Gasteiger charge is -2.43. The van der Waals surface area contributed by atoms with Crippen LogP contribution in [0.4, 0.5) is 0 Å². The molecule has 13 heteroatoms. The second kappa shape index (κ2) is 15.3. The number of allylic oxidation sites excluding steroid dienone is 1. The Balaban J connectivity index is 2.47. The minimum Gasteiger partial charge on any atom is -0.458 e. The maximum Gasteiger partial charge on any atom is 0.338 e. The Labute approximate surface area is 291 Å². The highest BCUT2D eigenvalue weighted by molar-refractivity contribution is 5.92. The molecule has 2 N–H and O–H groups in total. The quantitative estimate of drug-likeness (QED) is 0.239. The van der Waals surface area contributed by atoms with Crippen LogP contribution in [0.2, 0.25) is 0 Å². The molecular weight excluding hydrogens is 652 g/mol. The van der Waals surface area contributed by atoms with Gasteiger partial charge in [-0.3, -0.25) is 24.0 Å². The number of hydrogen-bond acceptors (Lipinski definition) is 13. The average Bonchev–Trinajstić information content (AvgIpc) is 3.21. The summed E-state index contributed by atoms with van der Waals surface area (Å²) >= 11 is 0. The Kier molecular flexibility index (Phi) is 12.2. The Hall–Kier alpha value is -4.36. The maximum absolute atomic E-state index is 14.3. The van der Waals surface area contributed by atoms with Crippen LogP contribution in [-0.2, 0) is 47.7 Å². The molecule has 50 heavy (non-hydrogen) atoms. The molecular formula is C37H48O13. The van der Waals surface area contributed by atoms with Crippen LogP contribution in [-0.4, -0.2) is 87.6 Å². The molecule has 9 atom stereocenters. The zero-order chi connectivity index (χ0) is 37.9. The first kappa shape index (κ1) is 40.1. The molecule has 274 valence electrons. The van der Waals surface area contributed by atoms with E-state index in [-0.39, 0.29) is 11.1 Å². The van der Waals surface area contributed by atoms with E-state index in [0.29, 0.717) is 0 Å². The summed E-state index contributed by atoms with van der Waals surface area (Å²) in [5.74, 6) is -8.71. The van der Waals surface area contributed by atoms with Crippen molar-refractivity contribution in [1.82, 2.24) is 0 Å². The first-order valence-corrected chi connectivity index (χ1v) is 16.4. The van der Waals surface area contributed by atoms with E-state index in [2.05, 4.69) is 6.58 Å². The van der Waals surface area contributed by atoms with Crippen molar-refractivity contribution < 1.29 is 62.7 Å². The molecule has 1 aromatic carbocycles. The molecule has 2 aliphatic rings. The number of aliphatic hydroxyl groups is 2. The SMILES string of the molecule is C=C1C(OC(=O)c2ccccc2)C(OC(C)=O)C(OC(C)=O)C(C)(C)C=CC(C)C(=O)C2(O)CC(C)(OC(C)=O)C(O)C2C1OC(=O)C(C)C. The first-order chi connectivity index (χ1) is 23.1. The first-order valence-electron chi connectivity index (χ1n) is 16.4. The molecule has 0 amide bonds. The van der Waals surface area contributed by atoms with Crippen molar-refractivity contribution >= 4 is 35.6 Å². The predicted molar refractivity (Wildman–Crippen MR) is 177 cm³/mol. The van der Waals surface area contributed by atoms with Crippen molar-refractivity contribution in [1.29, 1.82) is 0 Å². The molecule has 2 aliphatic carbocycles. The third kappa shape index (κ3) is 8.50. The minimum absolute atomic E-state index is 0.0655. The van der Waals surface area contributed by atoms with Gasteiger partial charge in [-0.1, -0.05) is 71.5 Å². The summed E-state index contributed by atoms with van der Waals surface area (Å²) < 4.78 is 29.0. The van der Waals surface area contributed by atoms with Crippen molar-refractivity contribution in [2.24, 2.45) is 23.2 Å². The van der Waals surface area contributed by atoms with Crippen molar-refractivity contribution in [3.05, 3.63) is 60.2 Å². The summed E-state index contributed by atoms with van der Waals surface area (Å²) in [5.41, 5.74) is -5.93. The third-order valence-electron chi connectivity index (χ3n) is 9.11. The van der Waals surface area contributed by atoms with E-state index in [1.165, 1.54) is 52.0 Å². The lowest BCUT2D eigenvalue weighted by molar-refractivity contribution is -0.186. The standard InChI is InChI=1S/C37H48O13/c1-19(2)33(43)48-27-21(4)28(49-34(44)25-14-12-11-13-15-25)29(46-22(5)38)32(47-23(6)39)35(8,9)17-16-20(3)30(41)37(45)18-36(10,50-24(7)40)31(42)26(27)37/h11-17,19-20,26-29,31-32,42,45H,4,18H2,1-3,5-10H3. The summed E-state index contributed by atoms with van der Waals surface area (Å²) in [5, 5.41) is 24.3. The van der Waals surface area contributed by atoms with E-state index in [9.17, 15) is 39.0 Å². The van der Waals surface area contributed by atoms with Gasteiger partial charge in [-0.05, 0) is 19.1 Å². The molecule has 1 saturated carbocycles. The van der Waals surface area contributed by atoms with E-state index >= 15 is 0 Å². The van der Waals surface area contributed by atoms with Gasteiger partial charge in [0.2, 0.25) is 0 Å². The Morgan fingerprint density at radius 2 is 1.46 bits per heavy atom. The van der Waals surface area contributed by atoms with Gasteiger partial charge in [-0.2, -0.15) is 0 Å². The number of hydrogen-bond donors (Lipinski definition) is 2. The molecule has 0 bridgehead atoms. The smallest absolute Gasteiger partial charge is 0.338 e. The molecule has 0 saturated heterocycles. The molecule has 13 nitrogen and oxygen atoms in total. The largest absolute Gasteiger partial charge is 0.458 e. The fourth-order valence-electron chi connectivity index (χ4n) is 6.67. The molecule has 1 aromatic rings. The van der Waals surface area contributed by atoms with Crippen LogP contribution in [0.25, 0.3) is 0 Å². The van der Waals surface area contributed by atoms with Crippen LogP contribution in [0, 0.1) is 23.2 Å². The Morgan fingerprint density at radius 1 is 0.880 bits per heavy atom. The Bertz CT molecular complexity index is 1530. The van der Waals surface area contributed by atoms with Crippen LogP contribution in [0.1, 0.15) is 79.1 Å². The van der Waals surface area contributed by atoms with Gasteiger partial charge in [0.1, 0.15) is 23.4 Å². The maximum atomic E-state index is 14.3. The number of esters is 5. The number of fused-ring (bicyclic) bond motifs is 1. The molecule has 0 spiro atoms. The van der Waals surface area contributed by atoms with Gasteiger partial charge < -0.3 is 33.9 Å². The number of Topliss-reactive ketones (excluding diaryl/α,β-unsaturated/α-hetero) is 1. The van der Waals surface area contributed by atoms with Crippen LogP contribution >= 0.6 is 0 Å². The van der Waals surface area contributed by atoms with Gasteiger partial charge in [0.15, 0.2) is 24.1 Å². The minimum atomic E-state index is -2.53. The molecule has 0 radical (unpaired) electrons. The zero-order valence-corrected chi connectivity index (χ0v) is 30.0. The number of carbonyl (C=O) groups is 6. The number of ketones is 1. The van der Waals surface area contributed by atoms with E-state index in [1.54, 1.807) is 32.0 Å². The lowest BCUT2D eigenvalue weighted by atomic mass is 9.72. The normalized spacial score (nSPS) is 32.5. The topological polar surface area (TPSA) is 189 Å². The van der Waals surface area contributed by atoms with Crippen molar-refractivity contribution in [3.63, 3.8) is 0 Å². The monoisotopic (exact) mass is 700 g/mol. The molecule has 9 unspecified atom stereocenters. The summed E-state index contributed by atoms with van der Waals surface area (Å²) in [4.78, 5) is 79.0. The van der Waals surface area contributed by atoms with Gasteiger partial charge >= 0.3 is 29.8 Å². The second-order valence-electron chi connectivity index (χ2n) is 14.2. The molecule has 0 aromatic heterocycles. The van der Waals surface area contributed by atoms with Crippen LogP contribution in [0.5, 0.6) is 0 Å². The van der Waals surface area contributed by atoms with Crippen molar-refractivity contribution in [2.75, 3.05) is 0 Å². The Morgan fingerprint density at radius 3 is 1.98 bits per heavy atom. The predicted octanol–water partition coefficient (Wildman–Crippen LogP) is 3.43. The summed E-state index contributed by atoms with van der Waals surface area (Å²) in [6.45, 7) is 16.5. The fourth-order valence-corrected chi connectivity index (χ4v) is 6.67. The third-order valence-corrected chi connectivity index (χ3v) is 9.11. The van der Waals surface area contributed by atoms with Gasteiger partial charge in [-0.25, -0.2) is 4.79 Å². The highest BCUT2D eigenvalue weighted by Crippen LogP contribution is 2.51. The van der Waals surface area contributed by atoms with Crippen LogP contribution in [0.15, 0.2) is 54.6 Å². The number of aliphatic hydroxyl groups excluding tert-OH is 1. The second-order valence-corrected chi connectivity index (χ2v) is 14.2. The number of carbonyl (C=O) groups excluding carboxylic acids is 6. The van der Waals surface area contributed by atoms with E-state index in [4.69, 9.17) is 23.7 Å². The number of rotatable bonds is 7. The van der Waals surface area contributed by atoms with Gasteiger partial charge in [0.25, 0.3) is 0 Å². The van der Waals surface area contributed by atoms with Crippen LogP contribution < -0.4 is 0 Å². The van der Waals surface area contributed by atoms with Crippen molar-refractivity contribution in [3.8, 4) is 0 Å². The van der Waals surface area contributed by atoms with E-state index in [0.717, 1.165) is 20.8 Å². The molecule has 1 fully saturated rings. The lowest BCUT2D eigenvalue weighted by Crippen LogP contribution is -2.58. The van der Waals surface area contributed by atoms with Crippen LogP contribution in [0.3, 0.4) is 0 Å². The highest BCUT2D eigenvalue weighted by atomic mass is 16.6. The molecule has 0 heterocycles. The molecule has 0 aliphatic heterocycles. The summed E-state index contributed by atoms with van der Waals surface area (Å²) in [6, 6.07) is 7.74. The van der Waals surface area contributed by atoms with Gasteiger partial charge in [0.05, 0.1) is 17.4 Å².